The summed E-state index contributed by atoms with van der Waals surface area (Å²) in [5.74, 6) is -4.31. The molecule has 16 heavy (non-hydrogen) atoms. The molecule has 1 aromatic heterocycles. The van der Waals surface area contributed by atoms with Crippen molar-refractivity contribution in [2.45, 2.75) is 12.3 Å². The summed E-state index contributed by atoms with van der Waals surface area (Å²) in [5.41, 5.74) is -0.529. The Morgan fingerprint density at radius 1 is 1.56 bits per heavy atom. The molecule has 2 N–H and O–H groups in total. The zero-order valence-electron chi connectivity index (χ0n) is 7.61. The van der Waals surface area contributed by atoms with Gasteiger partial charge in [0.05, 0.1) is 12.9 Å². The molecular weight excluding hydrogens is 345 g/mol. The first kappa shape index (κ1) is 13.2. The van der Waals surface area contributed by atoms with Gasteiger partial charge in [0, 0.05) is 0 Å². The monoisotopic (exact) mass is 351 g/mol. The first-order valence-electron chi connectivity index (χ1n) is 3.97. The molecule has 0 saturated carbocycles. The van der Waals surface area contributed by atoms with Crippen molar-refractivity contribution in [2.24, 2.45) is 0 Å². The molecular formula is C7H6F4IN3O. The summed E-state index contributed by atoms with van der Waals surface area (Å²) in [4.78, 5) is 16.8. The lowest BCUT2D eigenvalue weighted by atomic mass is 10.3. The van der Waals surface area contributed by atoms with Crippen molar-refractivity contribution < 1.29 is 17.6 Å². The van der Waals surface area contributed by atoms with Gasteiger partial charge in [-0.3, -0.25) is 4.79 Å². The minimum absolute atomic E-state index is 0.0326. The molecule has 0 aliphatic rings. The van der Waals surface area contributed by atoms with Crippen LogP contribution in [0.5, 0.6) is 0 Å². The third-order valence-corrected chi connectivity index (χ3v) is 2.61. The standard InChI is InChI=1S/C7H6F4IN3O/c8-6(9)7(10,11)1-13-4-3(12)5(16)15-2-14-4/h2,6H,1H2,(H2,13,14,15,16). The molecule has 9 heteroatoms. The quantitative estimate of drug-likeness (QED) is 0.641. The molecule has 0 aromatic carbocycles. The van der Waals surface area contributed by atoms with Crippen LogP contribution in [0.3, 0.4) is 0 Å². The summed E-state index contributed by atoms with van der Waals surface area (Å²) in [6.45, 7) is -1.28. The molecule has 90 valence electrons. The second kappa shape index (κ2) is 4.97. The van der Waals surface area contributed by atoms with E-state index >= 15 is 0 Å². The number of rotatable bonds is 4. The normalized spacial score (nSPS) is 11.9. The van der Waals surface area contributed by atoms with Crippen LogP contribution in [-0.2, 0) is 0 Å². The average molecular weight is 351 g/mol. The maximum Gasteiger partial charge on any atom is 0.324 e. The largest absolute Gasteiger partial charge is 0.363 e. The van der Waals surface area contributed by atoms with Gasteiger partial charge in [0.2, 0.25) is 0 Å². The average Bonchev–Trinajstić information content (AvgIpc) is 2.20. The van der Waals surface area contributed by atoms with E-state index in [1.54, 1.807) is 22.6 Å². The fourth-order valence-corrected chi connectivity index (χ4v) is 1.27. The summed E-state index contributed by atoms with van der Waals surface area (Å²) in [7, 11) is 0. The van der Waals surface area contributed by atoms with Crippen LogP contribution in [0.25, 0.3) is 0 Å². The van der Waals surface area contributed by atoms with Gasteiger partial charge in [0.1, 0.15) is 9.39 Å². The summed E-state index contributed by atoms with van der Waals surface area (Å²) in [6.07, 6.45) is -2.77. The Hall–Kier alpha value is -0.870. The van der Waals surface area contributed by atoms with Crippen molar-refractivity contribution in [1.29, 1.82) is 0 Å². The van der Waals surface area contributed by atoms with Crippen LogP contribution in [0, 0.1) is 3.57 Å². The molecule has 0 spiro atoms. The Kier molecular flexibility index (Phi) is 4.10. The van der Waals surface area contributed by atoms with Gasteiger partial charge in [0.25, 0.3) is 5.56 Å². The van der Waals surface area contributed by atoms with Gasteiger partial charge in [0.15, 0.2) is 0 Å². The second-order valence-corrected chi connectivity index (χ2v) is 3.89. The smallest absolute Gasteiger partial charge is 0.324 e. The molecule has 0 radical (unpaired) electrons. The molecule has 0 aliphatic heterocycles. The van der Waals surface area contributed by atoms with Crippen LogP contribution in [0.2, 0.25) is 0 Å². The van der Waals surface area contributed by atoms with E-state index in [1.165, 1.54) is 0 Å². The van der Waals surface area contributed by atoms with Gasteiger partial charge < -0.3 is 10.3 Å². The molecule has 0 unspecified atom stereocenters. The Labute approximate surface area is 101 Å². The lowest BCUT2D eigenvalue weighted by Crippen LogP contribution is -2.35. The molecule has 0 aliphatic carbocycles. The van der Waals surface area contributed by atoms with Gasteiger partial charge in [-0.2, -0.15) is 8.78 Å². The van der Waals surface area contributed by atoms with Crippen LogP contribution in [0.15, 0.2) is 11.1 Å². The molecule has 1 heterocycles. The summed E-state index contributed by atoms with van der Waals surface area (Å²) >= 11 is 1.57. The molecule has 0 atom stereocenters. The zero-order chi connectivity index (χ0) is 12.3. The van der Waals surface area contributed by atoms with E-state index in [0.29, 0.717) is 0 Å². The fraction of sp³-hybridized carbons (Fsp3) is 0.429. The van der Waals surface area contributed by atoms with Gasteiger partial charge >= 0.3 is 12.3 Å². The van der Waals surface area contributed by atoms with Crippen LogP contribution in [0.4, 0.5) is 23.4 Å². The van der Waals surface area contributed by atoms with Crippen molar-refractivity contribution >= 4 is 28.4 Å². The van der Waals surface area contributed by atoms with E-state index in [1.807, 2.05) is 5.32 Å². The first-order chi connectivity index (χ1) is 7.34. The predicted octanol–water partition coefficient (Wildman–Crippen LogP) is 1.69. The van der Waals surface area contributed by atoms with E-state index in [9.17, 15) is 22.4 Å². The Balaban J connectivity index is 2.76. The molecule has 4 nitrogen and oxygen atoms in total. The maximum absolute atomic E-state index is 12.5. The minimum Gasteiger partial charge on any atom is -0.363 e. The molecule has 0 fully saturated rings. The van der Waals surface area contributed by atoms with Crippen LogP contribution in [0.1, 0.15) is 0 Å². The third-order valence-electron chi connectivity index (χ3n) is 1.61. The van der Waals surface area contributed by atoms with Gasteiger partial charge in [-0.25, -0.2) is 13.8 Å². The summed E-state index contributed by atoms with van der Waals surface area (Å²) in [6, 6.07) is 0. The summed E-state index contributed by atoms with van der Waals surface area (Å²) < 4.78 is 48.7. The topological polar surface area (TPSA) is 57.8 Å². The minimum atomic E-state index is -4.16. The second-order valence-electron chi connectivity index (χ2n) is 2.81. The molecule has 1 rings (SSSR count). The fourth-order valence-electron chi connectivity index (χ4n) is 0.785. The lowest BCUT2D eigenvalue weighted by molar-refractivity contribution is -0.117. The van der Waals surface area contributed by atoms with E-state index < -0.39 is 24.5 Å². The SMILES string of the molecule is O=c1[nH]cnc(NCC(F)(F)C(F)F)c1I. The highest BCUT2D eigenvalue weighted by molar-refractivity contribution is 14.1. The lowest BCUT2D eigenvalue weighted by Gasteiger charge is -2.16. The zero-order valence-corrected chi connectivity index (χ0v) is 9.76. The number of nitrogens with one attached hydrogen (secondary N) is 2. The number of alkyl halides is 4. The number of hydrogen-bond donors (Lipinski definition) is 2. The van der Waals surface area contributed by atoms with Gasteiger partial charge in [-0.05, 0) is 22.6 Å². The summed E-state index contributed by atoms with van der Waals surface area (Å²) in [5, 5.41) is 2.01. The maximum atomic E-state index is 12.5. The van der Waals surface area contributed by atoms with E-state index in [4.69, 9.17) is 0 Å². The number of nitrogens with zero attached hydrogens (tertiary/aromatic N) is 1. The molecule has 1 aromatic rings. The number of halogens is 5. The van der Waals surface area contributed by atoms with Crippen LogP contribution < -0.4 is 10.9 Å². The Bertz CT molecular complexity index is 422. The van der Waals surface area contributed by atoms with E-state index in [0.717, 1.165) is 6.33 Å². The Morgan fingerprint density at radius 2 is 2.19 bits per heavy atom. The van der Waals surface area contributed by atoms with Gasteiger partial charge in [-0.1, -0.05) is 0 Å². The van der Waals surface area contributed by atoms with Crippen LogP contribution in [-0.4, -0.2) is 28.9 Å². The van der Waals surface area contributed by atoms with Crippen LogP contribution >= 0.6 is 22.6 Å². The van der Waals surface area contributed by atoms with Crippen molar-refractivity contribution in [3.63, 3.8) is 0 Å². The molecule has 0 amide bonds. The number of H-pyrrole nitrogens is 1. The highest BCUT2D eigenvalue weighted by atomic mass is 127. The molecule has 0 bridgehead atoms. The predicted molar refractivity (Wildman–Crippen MR) is 57.0 cm³/mol. The first-order valence-corrected chi connectivity index (χ1v) is 5.05. The number of hydrogen-bond acceptors (Lipinski definition) is 3. The van der Waals surface area contributed by atoms with Crippen molar-refractivity contribution in [3.8, 4) is 0 Å². The van der Waals surface area contributed by atoms with Gasteiger partial charge in [-0.15, -0.1) is 0 Å². The third kappa shape index (κ3) is 3.06. The van der Waals surface area contributed by atoms with E-state index in [2.05, 4.69) is 9.97 Å². The van der Waals surface area contributed by atoms with Crippen molar-refractivity contribution in [1.82, 2.24) is 9.97 Å². The number of anilines is 1. The van der Waals surface area contributed by atoms with Crippen molar-refractivity contribution in [3.05, 3.63) is 20.3 Å². The Morgan fingerprint density at radius 3 is 2.75 bits per heavy atom. The van der Waals surface area contributed by atoms with E-state index in [-0.39, 0.29) is 9.39 Å². The highest BCUT2D eigenvalue weighted by Gasteiger charge is 2.40. The number of aromatic amines is 1. The van der Waals surface area contributed by atoms with Crippen molar-refractivity contribution in [2.75, 3.05) is 11.9 Å². The molecule has 0 saturated heterocycles. The highest BCUT2D eigenvalue weighted by Crippen LogP contribution is 2.23. The number of aromatic nitrogens is 2.